The third-order valence-corrected chi connectivity index (χ3v) is 3.78. The highest BCUT2D eigenvalue weighted by atomic mass is 79.9. The lowest BCUT2D eigenvalue weighted by atomic mass is 10.2. The summed E-state index contributed by atoms with van der Waals surface area (Å²) in [7, 11) is 0. The molecule has 0 saturated carbocycles. The number of hydrogen-bond donors (Lipinski definition) is 0. The van der Waals surface area contributed by atoms with Crippen molar-refractivity contribution in [2.75, 3.05) is 11.4 Å². The number of anilines is 1. The highest BCUT2D eigenvalue weighted by molar-refractivity contribution is 9.10. The van der Waals surface area contributed by atoms with Crippen LogP contribution in [0.1, 0.15) is 12.5 Å². The van der Waals surface area contributed by atoms with Gasteiger partial charge in [-0.05, 0) is 40.5 Å². The van der Waals surface area contributed by atoms with Gasteiger partial charge < -0.3 is 4.90 Å². The second-order valence-electron chi connectivity index (χ2n) is 3.67. The third kappa shape index (κ3) is 2.97. The van der Waals surface area contributed by atoms with Crippen LogP contribution in [-0.4, -0.2) is 21.5 Å². The molecule has 0 aliphatic heterocycles. The molecule has 0 amide bonds. The summed E-state index contributed by atoms with van der Waals surface area (Å²) in [5, 5.41) is 0.424. The van der Waals surface area contributed by atoms with Crippen LogP contribution in [0.3, 0.4) is 0 Å². The zero-order chi connectivity index (χ0) is 13.0. The van der Waals surface area contributed by atoms with E-state index in [0.29, 0.717) is 5.15 Å². The lowest BCUT2D eigenvalue weighted by Gasteiger charge is -2.23. The van der Waals surface area contributed by atoms with Crippen LogP contribution in [0.5, 0.6) is 0 Å². The molecular formula is C12H12BrClN4. The maximum atomic E-state index is 5.98. The molecule has 2 aromatic rings. The summed E-state index contributed by atoms with van der Waals surface area (Å²) in [6.45, 7) is 3.66. The molecule has 0 aliphatic rings. The van der Waals surface area contributed by atoms with Gasteiger partial charge in [-0.1, -0.05) is 11.6 Å². The molecule has 6 heteroatoms. The Labute approximate surface area is 119 Å². The minimum atomic E-state index is 0.424. The predicted molar refractivity (Wildman–Crippen MR) is 75.7 cm³/mol. The van der Waals surface area contributed by atoms with Gasteiger partial charge in [0, 0.05) is 25.5 Å². The summed E-state index contributed by atoms with van der Waals surface area (Å²) in [5.74, 6) is 0.800. The lowest BCUT2D eigenvalue weighted by Crippen LogP contribution is -2.23. The van der Waals surface area contributed by atoms with E-state index < -0.39 is 0 Å². The first-order chi connectivity index (χ1) is 8.72. The van der Waals surface area contributed by atoms with Crippen molar-refractivity contribution in [3.8, 4) is 0 Å². The van der Waals surface area contributed by atoms with E-state index in [1.807, 2.05) is 12.1 Å². The molecule has 0 atom stereocenters. The first-order valence-corrected chi connectivity index (χ1v) is 6.69. The van der Waals surface area contributed by atoms with Crippen LogP contribution in [0.15, 0.2) is 35.3 Å². The molecular weight excluding hydrogens is 316 g/mol. The monoisotopic (exact) mass is 326 g/mol. The van der Waals surface area contributed by atoms with E-state index in [4.69, 9.17) is 11.6 Å². The van der Waals surface area contributed by atoms with Crippen LogP contribution in [0.2, 0.25) is 5.15 Å². The standard InChI is InChI=1S/C12H12BrClN4/c1-2-18(7-9-3-5-15-6-4-9)12-10(13)11(14)16-8-17-12/h3-6,8H,2,7H2,1H3. The van der Waals surface area contributed by atoms with E-state index in [2.05, 4.69) is 42.7 Å². The normalized spacial score (nSPS) is 10.4. The van der Waals surface area contributed by atoms with Crippen LogP contribution in [0, 0.1) is 0 Å². The number of nitrogens with zero attached hydrogens (tertiary/aromatic N) is 4. The van der Waals surface area contributed by atoms with Crippen molar-refractivity contribution < 1.29 is 0 Å². The average molecular weight is 328 g/mol. The predicted octanol–water partition coefficient (Wildman–Crippen LogP) is 3.31. The van der Waals surface area contributed by atoms with Crippen molar-refractivity contribution in [3.63, 3.8) is 0 Å². The Kier molecular flexibility index (Phi) is 4.49. The molecule has 0 aliphatic carbocycles. The smallest absolute Gasteiger partial charge is 0.148 e. The number of hydrogen-bond acceptors (Lipinski definition) is 4. The van der Waals surface area contributed by atoms with Crippen LogP contribution < -0.4 is 4.90 Å². The lowest BCUT2D eigenvalue weighted by molar-refractivity contribution is 0.805. The molecule has 0 radical (unpaired) electrons. The molecule has 0 unspecified atom stereocenters. The summed E-state index contributed by atoms with van der Waals surface area (Å²) in [6, 6.07) is 3.97. The second kappa shape index (κ2) is 6.11. The molecule has 2 heterocycles. The van der Waals surface area contributed by atoms with E-state index in [1.54, 1.807) is 12.4 Å². The van der Waals surface area contributed by atoms with Crippen molar-refractivity contribution in [1.82, 2.24) is 15.0 Å². The minimum absolute atomic E-state index is 0.424. The first kappa shape index (κ1) is 13.2. The highest BCUT2D eigenvalue weighted by Gasteiger charge is 2.13. The molecule has 2 rings (SSSR count). The maximum absolute atomic E-state index is 5.98. The van der Waals surface area contributed by atoms with Crippen LogP contribution >= 0.6 is 27.5 Å². The average Bonchev–Trinajstić information content (AvgIpc) is 2.41. The zero-order valence-electron chi connectivity index (χ0n) is 9.85. The topological polar surface area (TPSA) is 41.9 Å². The Morgan fingerprint density at radius 3 is 2.67 bits per heavy atom. The summed E-state index contributed by atoms with van der Waals surface area (Å²) >= 11 is 9.41. The third-order valence-electron chi connectivity index (χ3n) is 2.53. The van der Waals surface area contributed by atoms with E-state index in [-0.39, 0.29) is 0 Å². The minimum Gasteiger partial charge on any atom is -0.351 e. The van der Waals surface area contributed by atoms with Crippen molar-refractivity contribution in [2.45, 2.75) is 13.5 Å². The zero-order valence-corrected chi connectivity index (χ0v) is 12.2. The highest BCUT2D eigenvalue weighted by Crippen LogP contribution is 2.29. The molecule has 0 aromatic carbocycles. The van der Waals surface area contributed by atoms with Gasteiger partial charge in [0.25, 0.3) is 0 Å². The number of pyridine rings is 1. The van der Waals surface area contributed by atoms with E-state index in [9.17, 15) is 0 Å². The van der Waals surface area contributed by atoms with Gasteiger partial charge in [-0.25, -0.2) is 9.97 Å². The Morgan fingerprint density at radius 1 is 1.28 bits per heavy atom. The SMILES string of the molecule is CCN(Cc1ccncc1)c1ncnc(Cl)c1Br. The van der Waals surface area contributed by atoms with Gasteiger partial charge >= 0.3 is 0 Å². The van der Waals surface area contributed by atoms with Crippen molar-refractivity contribution >= 4 is 33.3 Å². The fourth-order valence-electron chi connectivity index (χ4n) is 1.61. The van der Waals surface area contributed by atoms with Gasteiger partial charge in [0.2, 0.25) is 0 Å². The van der Waals surface area contributed by atoms with Crippen LogP contribution in [0.4, 0.5) is 5.82 Å². The number of aromatic nitrogens is 3. The summed E-state index contributed by atoms with van der Waals surface area (Å²) < 4.78 is 0.725. The molecule has 94 valence electrons. The first-order valence-electron chi connectivity index (χ1n) is 5.52. The van der Waals surface area contributed by atoms with Crippen molar-refractivity contribution in [2.24, 2.45) is 0 Å². The molecule has 0 bridgehead atoms. The largest absolute Gasteiger partial charge is 0.351 e. The van der Waals surface area contributed by atoms with Gasteiger partial charge in [-0.3, -0.25) is 4.98 Å². The van der Waals surface area contributed by atoms with Gasteiger partial charge in [-0.15, -0.1) is 0 Å². The van der Waals surface area contributed by atoms with E-state index in [0.717, 1.165) is 23.4 Å². The Hall–Kier alpha value is -1.20. The van der Waals surface area contributed by atoms with Gasteiger partial charge in [0.15, 0.2) is 0 Å². The van der Waals surface area contributed by atoms with E-state index >= 15 is 0 Å². The van der Waals surface area contributed by atoms with Crippen molar-refractivity contribution in [1.29, 1.82) is 0 Å². The van der Waals surface area contributed by atoms with Crippen LogP contribution in [0.25, 0.3) is 0 Å². The second-order valence-corrected chi connectivity index (χ2v) is 4.82. The van der Waals surface area contributed by atoms with E-state index in [1.165, 1.54) is 11.9 Å². The molecule has 2 aromatic heterocycles. The number of rotatable bonds is 4. The maximum Gasteiger partial charge on any atom is 0.148 e. The van der Waals surface area contributed by atoms with Gasteiger partial charge in [0.05, 0.1) is 4.47 Å². The summed E-state index contributed by atoms with van der Waals surface area (Å²) in [4.78, 5) is 14.3. The van der Waals surface area contributed by atoms with Crippen molar-refractivity contribution in [3.05, 3.63) is 46.0 Å². The fourth-order valence-corrected chi connectivity index (χ4v) is 2.19. The molecule has 18 heavy (non-hydrogen) atoms. The fraction of sp³-hybridized carbons (Fsp3) is 0.250. The summed E-state index contributed by atoms with van der Waals surface area (Å²) in [5.41, 5.74) is 1.17. The molecule has 0 N–H and O–H groups in total. The molecule has 4 nitrogen and oxygen atoms in total. The van der Waals surface area contributed by atoms with Gasteiger partial charge in [0.1, 0.15) is 17.3 Å². The Bertz CT molecular complexity index is 521. The molecule has 0 fully saturated rings. The van der Waals surface area contributed by atoms with Gasteiger partial charge in [-0.2, -0.15) is 0 Å². The molecule has 0 saturated heterocycles. The Balaban J connectivity index is 2.26. The summed E-state index contributed by atoms with van der Waals surface area (Å²) in [6.07, 6.45) is 5.04. The Morgan fingerprint density at radius 2 is 2.00 bits per heavy atom. The van der Waals surface area contributed by atoms with Crippen LogP contribution in [-0.2, 0) is 6.54 Å². The quantitative estimate of drug-likeness (QED) is 0.808. The molecule has 0 spiro atoms. The number of halogens is 2.